The van der Waals surface area contributed by atoms with Gasteiger partial charge in [-0.25, -0.2) is 0 Å². The summed E-state index contributed by atoms with van der Waals surface area (Å²) in [5, 5.41) is 0. The van der Waals surface area contributed by atoms with Crippen LogP contribution in [0.3, 0.4) is 0 Å². The summed E-state index contributed by atoms with van der Waals surface area (Å²) in [6, 6.07) is 11.2. The second-order valence-corrected chi connectivity index (χ2v) is 7.16. The van der Waals surface area contributed by atoms with E-state index in [0.29, 0.717) is 43.5 Å². The molecule has 0 radical (unpaired) electrons. The first kappa shape index (κ1) is 17.9. The van der Waals surface area contributed by atoms with Crippen LogP contribution >= 0.6 is 0 Å². The Morgan fingerprint density at radius 3 is 2.89 bits per heavy atom. The summed E-state index contributed by atoms with van der Waals surface area (Å²) in [7, 11) is 1.60. The summed E-state index contributed by atoms with van der Waals surface area (Å²) in [6.45, 7) is 3.17. The zero-order chi connectivity index (χ0) is 18.7. The molecular formula is C21H24N2O4. The highest BCUT2D eigenvalue weighted by Gasteiger charge is 2.54. The van der Waals surface area contributed by atoms with E-state index >= 15 is 0 Å². The van der Waals surface area contributed by atoms with Crippen LogP contribution in [-0.4, -0.2) is 54.8 Å². The van der Waals surface area contributed by atoms with E-state index < -0.39 is 0 Å². The number of hydrogen-bond donors (Lipinski definition) is 0. The first-order valence-electron chi connectivity index (χ1n) is 9.24. The van der Waals surface area contributed by atoms with Crippen molar-refractivity contribution in [1.82, 2.24) is 9.88 Å². The Balaban J connectivity index is 1.32. The van der Waals surface area contributed by atoms with E-state index in [4.69, 9.17) is 14.2 Å². The van der Waals surface area contributed by atoms with Crippen LogP contribution < -0.4 is 4.74 Å². The van der Waals surface area contributed by atoms with Crippen molar-refractivity contribution in [3.8, 4) is 5.75 Å². The quantitative estimate of drug-likeness (QED) is 0.784. The Morgan fingerprint density at radius 1 is 1.30 bits per heavy atom. The highest BCUT2D eigenvalue weighted by atomic mass is 16.5. The van der Waals surface area contributed by atoms with Crippen molar-refractivity contribution in [3.05, 3.63) is 59.9 Å². The summed E-state index contributed by atoms with van der Waals surface area (Å²) < 4.78 is 17.2. The van der Waals surface area contributed by atoms with Crippen molar-refractivity contribution < 1.29 is 19.0 Å². The molecule has 1 amide bonds. The van der Waals surface area contributed by atoms with Gasteiger partial charge in [0.15, 0.2) is 0 Å². The highest BCUT2D eigenvalue weighted by Crippen LogP contribution is 2.40. The van der Waals surface area contributed by atoms with Gasteiger partial charge in [-0.3, -0.25) is 9.78 Å². The van der Waals surface area contributed by atoms with Gasteiger partial charge < -0.3 is 19.1 Å². The molecule has 0 N–H and O–H groups in total. The van der Waals surface area contributed by atoms with Crippen LogP contribution in [-0.2, 0) is 16.1 Å². The molecule has 27 heavy (non-hydrogen) atoms. The molecule has 0 aliphatic carbocycles. The lowest BCUT2D eigenvalue weighted by atomic mass is 9.81. The van der Waals surface area contributed by atoms with E-state index in [1.165, 1.54) is 0 Å². The molecule has 1 atom stereocenters. The second kappa shape index (κ2) is 7.66. The molecule has 1 aromatic carbocycles. The minimum Gasteiger partial charge on any atom is -0.497 e. The lowest BCUT2D eigenvalue weighted by Gasteiger charge is -2.50. The maximum atomic E-state index is 12.7. The molecule has 2 aliphatic heterocycles. The monoisotopic (exact) mass is 368 g/mol. The lowest BCUT2D eigenvalue weighted by Crippen LogP contribution is -2.66. The molecule has 2 aromatic rings. The average Bonchev–Trinajstić information content (AvgIpc) is 3.11. The SMILES string of the molecule is COc1cccc(C(=O)N2CC3(C2)OCCC3COCc2ccncc2)c1. The number of likely N-dealkylation sites (tertiary alicyclic amines) is 1. The van der Waals surface area contributed by atoms with E-state index in [1.807, 2.05) is 35.2 Å². The number of aromatic nitrogens is 1. The van der Waals surface area contributed by atoms with E-state index in [2.05, 4.69) is 4.98 Å². The molecule has 1 aromatic heterocycles. The summed E-state index contributed by atoms with van der Waals surface area (Å²) in [5.41, 5.74) is 1.50. The number of pyridine rings is 1. The van der Waals surface area contributed by atoms with Gasteiger partial charge in [-0.2, -0.15) is 0 Å². The predicted molar refractivity (Wildman–Crippen MR) is 99.6 cm³/mol. The van der Waals surface area contributed by atoms with Crippen molar-refractivity contribution >= 4 is 5.91 Å². The fraction of sp³-hybridized carbons (Fsp3) is 0.429. The Bertz CT molecular complexity index is 790. The van der Waals surface area contributed by atoms with Crippen molar-refractivity contribution in [2.45, 2.75) is 18.6 Å². The van der Waals surface area contributed by atoms with Crippen molar-refractivity contribution in [3.63, 3.8) is 0 Å². The van der Waals surface area contributed by atoms with E-state index in [9.17, 15) is 4.79 Å². The molecule has 1 spiro atoms. The molecule has 6 heteroatoms. The van der Waals surface area contributed by atoms with Gasteiger partial charge in [-0.1, -0.05) is 6.07 Å². The minimum atomic E-state index is -0.257. The van der Waals surface area contributed by atoms with Gasteiger partial charge in [0, 0.05) is 30.5 Å². The van der Waals surface area contributed by atoms with Crippen LogP contribution in [0.2, 0.25) is 0 Å². The van der Waals surface area contributed by atoms with E-state index in [-0.39, 0.29) is 11.5 Å². The summed E-state index contributed by atoms with van der Waals surface area (Å²) in [5.74, 6) is 1.02. The van der Waals surface area contributed by atoms with E-state index in [0.717, 1.165) is 18.6 Å². The van der Waals surface area contributed by atoms with Gasteiger partial charge in [0.2, 0.25) is 0 Å². The van der Waals surface area contributed by atoms with Gasteiger partial charge in [0.25, 0.3) is 5.91 Å². The maximum Gasteiger partial charge on any atom is 0.254 e. The van der Waals surface area contributed by atoms with Crippen molar-refractivity contribution in [1.29, 1.82) is 0 Å². The molecule has 0 saturated carbocycles. The summed E-state index contributed by atoms with van der Waals surface area (Å²) in [6.07, 6.45) is 4.51. The fourth-order valence-electron chi connectivity index (χ4n) is 3.85. The molecular weight excluding hydrogens is 344 g/mol. The van der Waals surface area contributed by atoms with Crippen molar-refractivity contribution in [2.24, 2.45) is 5.92 Å². The maximum absolute atomic E-state index is 12.7. The zero-order valence-corrected chi connectivity index (χ0v) is 15.5. The number of ether oxygens (including phenoxy) is 3. The number of rotatable bonds is 6. The number of methoxy groups -OCH3 is 1. The molecule has 3 heterocycles. The third-order valence-corrected chi connectivity index (χ3v) is 5.46. The normalized spacial score (nSPS) is 20.5. The third-order valence-electron chi connectivity index (χ3n) is 5.46. The third kappa shape index (κ3) is 3.68. The molecule has 2 fully saturated rings. The standard InChI is InChI=1S/C21H24N2O4/c1-25-19-4-2-3-17(11-19)20(24)23-14-21(15-23)18(7-10-27-21)13-26-12-16-5-8-22-9-6-16/h2-6,8-9,11,18H,7,10,12-15H2,1H3. The van der Waals surface area contributed by atoms with Crippen LogP contribution in [0, 0.1) is 5.92 Å². The lowest BCUT2D eigenvalue weighted by molar-refractivity contribution is -0.129. The number of hydrogen-bond acceptors (Lipinski definition) is 5. The van der Waals surface area contributed by atoms with Crippen LogP contribution in [0.5, 0.6) is 5.75 Å². The van der Waals surface area contributed by atoms with Crippen LogP contribution in [0.15, 0.2) is 48.8 Å². The predicted octanol–water partition coefficient (Wildman–Crippen LogP) is 2.54. The molecule has 4 rings (SSSR count). The van der Waals surface area contributed by atoms with Gasteiger partial charge in [-0.05, 0) is 42.3 Å². The molecule has 2 aliphatic rings. The second-order valence-electron chi connectivity index (χ2n) is 7.16. The molecule has 142 valence electrons. The minimum absolute atomic E-state index is 0.0199. The Kier molecular flexibility index (Phi) is 5.09. The number of benzene rings is 1. The highest BCUT2D eigenvalue weighted by molar-refractivity contribution is 5.95. The zero-order valence-electron chi connectivity index (χ0n) is 15.5. The van der Waals surface area contributed by atoms with Crippen molar-refractivity contribution in [2.75, 3.05) is 33.4 Å². The molecule has 0 bridgehead atoms. The van der Waals surface area contributed by atoms with Gasteiger partial charge >= 0.3 is 0 Å². The first-order chi connectivity index (χ1) is 13.2. The number of nitrogens with zero attached hydrogens (tertiary/aromatic N) is 2. The topological polar surface area (TPSA) is 60.9 Å². The number of carbonyl (C=O) groups is 1. The summed E-state index contributed by atoms with van der Waals surface area (Å²) >= 11 is 0. The Hall–Kier alpha value is -2.44. The molecule has 6 nitrogen and oxygen atoms in total. The van der Waals surface area contributed by atoms with E-state index in [1.54, 1.807) is 25.6 Å². The Labute approximate surface area is 159 Å². The largest absolute Gasteiger partial charge is 0.497 e. The van der Waals surface area contributed by atoms with Crippen LogP contribution in [0.1, 0.15) is 22.3 Å². The first-order valence-corrected chi connectivity index (χ1v) is 9.24. The van der Waals surface area contributed by atoms with Gasteiger partial charge in [0.1, 0.15) is 11.4 Å². The summed E-state index contributed by atoms with van der Waals surface area (Å²) in [4.78, 5) is 18.6. The van der Waals surface area contributed by atoms with Gasteiger partial charge in [0.05, 0.1) is 33.4 Å². The smallest absolute Gasteiger partial charge is 0.254 e. The Morgan fingerprint density at radius 2 is 2.11 bits per heavy atom. The van der Waals surface area contributed by atoms with Crippen LogP contribution in [0.4, 0.5) is 0 Å². The molecule has 2 saturated heterocycles. The molecule has 1 unspecified atom stereocenters. The fourth-order valence-corrected chi connectivity index (χ4v) is 3.85. The number of amides is 1. The van der Waals surface area contributed by atoms with Gasteiger partial charge in [-0.15, -0.1) is 0 Å². The number of carbonyl (C=O) groups excluding carboxylic acids is 1. The van der Waals surface area contributed by atoms with Crippen LogP contribution in [0.25, 0.3) is 0 Å². The average molecular weight is 368 g/mol.